The Labute approximate surface area is 109 Å². The number of hydrogen-bond donors (Lipinski definition) is 1. The van der Waals surface area contributed by atoms with Gasteiger partial charge in [0.15, 0.2) is 5.82 Å². The summed E-state index contributed by atoms with van der Waals surface area (Å²) in [5.74, 6) is 0.872. The fraction of sp³-hybridized carbons (Fsp3) is 0.231. The molecule has 2 heterocycles. The summed E-state index contributed by atoms with van der Waals surface area (Å²) in [6.45, 7) is 6.25. The Kier molecular flexibility index (Phi) is 2.38. The van der Waals surface area contributed by atoms with Gasteiger partial charge >= 0.3 is 0 Å². The molecule has 0 unspecified atom stereocenters. The lowest BCUT2D eigenvalue weighted by atomic mass is 10.1. The SMILES string of the molecule is Cc1ccc(N)cc1-c1nnc2sc(C)c(C)n12. The van der Waals surface area contributed by atoms with Gasteiger partial charge in [0.1, 0.15) is 0 Å². The highest BCUT2D eigenvalue weighted by molar-refractivity contribution is 7.17. The number of hydrogen-bond acceptors (Lipinski definition) is 4. The molecule has 5 heteroatoms. The number of fused-ring (bicyclic) bond motifs is 1. The van der Waals surface area contributed by atoms with E-state index >= 15 is 0 Å². The van der Waals surface area contributed by atoms with Crippen LogP contribution in [0.25, 0.3) is 16.3 Å². The third-order valence-electron chi connectivity index (χ3n) is 3.23. The Bertz CT molecular complexity index is 739. The van der Waals surface area contributed by atoms with Crippen LogP contribution < -0.4 is 5.73 Å². The molecule has 0 saturated heterocycles. The quantitative estimate of drug-likeness (QED) is 0.683. The van der Waals surface area contributed by atoms with E-state index in [-0.39, 0.29) is 0 Å². The van der Waals surface area contributed by atoms with E-state index in [1.807, 2.05) is 18.2 Å². The van der Waals surface area contributed by atoms with Gasteiger partial charge in [-0.1, -0.05) is 17.4 Å². The second kappa shape index (κ2) is 3.81. The van der Waals surface area contributed by atoms with Crippen molar-refractivity contribution in [3.63, 3.8) is 0 Å². The highest BCUT2D eigenvalue weighted by Gasteiger charge is 2.15. The first-order chi connectivity index (χ1) is 8.58. The number of nitrogen functional groups attached to an aromatic ring is 1. The maximum absolute atomic E-state index is 5.87. The summed E-state index contributed by atoms with van der Waals surface area (Å²) in [7, 11) is 0. The third kappa shape index (κ3) is 1.51. The summed E-state index contributed by atoms with van der Waals surface area (Å²) in [6, 6.07) is 5.88. The maximum Gasteiger partial charge on any atom is 0.216 e. The van der Waals surface area contributed by atoms with E-state index in [1.165, 1.54) is 10.6 Å². The zero-order chi connectivity index (χ0) is 12.9. The van der Waals surface area contributed by atoms with Crippen LogP contribution in [-0.4, -0.2) is 14.6 Å². The smallest absolute Gasteiger partial charge is 0.216 e. The zero-order valence-corrected chi connectivity index (χ0v) is 11.4. The molecule has 0 radical (unpaired) electrons. The van der Waals surface area contributed by atoms with Crippen LogP contribution >= 0.6 is 11.3 Å². The van der Waals surface area contributed by atoms with Gasteiger partial charge < -0.3 is 5.73 Å². The Morgan fingerprint density at radius 3 is 2.72 bits per heavy atom. The monoisotopic (exact) mass is 258 g/mol. The van der Waals surface area contributed by atoms with Crippen LogP contribution in [0.15, 0.2) is 18.2 Å². The summed E-state index contributed by atoms with van der Waals surface area (Å²) >= 11 is 1.66. The molecule has 0 aliphatic carbocycles. The minimum Gasteiger partial charge on any atom is -0.399 e. The highest BCUT2D eigenvalue weighted by atomic mass is 32.1. The molecule has 0 saturated carbocycles. The largest absolute Gasteiger partial charge is 0.399 e. The normalized spacial score (nSPS) is 11.3. The van der Waals surface area contributed by atoms with Gasteiger partial charge in [0.25, 0.3) is 0 Å². The van der Waals surface area contributed by atoms with Gasteiger partial charge in [-0.15, -0.1) is 10.2 Å². The van der Waals surface area contributed by atoms with E-state index in [4.69, 9.17) is 5.73 Å². The molecule has 3 aromatic rings. The standard InChI is InChI=1S/C13H14N4S/c1-7-4-5-10(14)6-11(7)12-15-16-13-17(12)8(2)9(3)18-13/h4-6H,14H2,1-3H3. The Balaban J connectivity index is 2.34. The Morgan fingerprint density at radius 2 is 1.94 bits per heavy atom. The van der Waals surface area contributed by atoms with E-state index in [0.717, 1.165) is 27.6 Å². The van der Waals surface area contributed by atoms with Gasteiger partial charge in [-0.05, 0) is 38.5 Å². The second-order valence-electron chi connectivity index (χ2n) is 4.46. The minimum absolute atomic E-state index is 0.747. The third-order valence-corrected chi connectivity index (χ3v) is 4.27. The van der Waals surface area contributed by atoms with Gasteiger partial charge in [-0.3, -0.25) is 4.40 Å². The van der Waals surface area contributed by atoms with Crippen LogP contribution in [0.3, 0.4) is 0 Å². The minimum atomic E-state index is 0.747. The molecule has 0 fully saturated rings. The van der Waals surface area contributed by atoms with Crippen molar-refractivity contribution in [2.45, 2.75) is 20.8 Å². The lowest BCUT2D eigenvalue weighted by Crippen LogP contribution is -1.95. The predicted octanol–water partition coefficient (Wildman–Crippen LogP) is 2.97. The Hall–Kier alpha value is -1.88. The van der Waals surface area contributed by atoms with Crippen LogP contribution in [0.4, 0.5) is 5.69 Å². The molecule has 1 aromatic carbocycles. The molecule has 18 heavy (non-hydrogen) atoms. The van der Waals surface area contributed by atoms with Crippen molar-refractivity contribution in [3.8, 4) is 11.4 Å². The van der Waals surface area contributed by atoms with Crippen LogP contribution in [-0.2, 0) is 0 Å². The van der Waals surface area contributed by atoms with Crippen LogP contribution in [0.2, 0.25) is 0 Å². The molecule has 0 aliphatic rings. The van der Waals surface area contributed by atoms with Crippen LogP contribution in [0.5, 0.6) is 0 Å². The summed E-state index contributed by atoms with van der Waals surface area (Å²) in [6.07, 6.45) is 0. The molecule has 0 amide bonds. The van der Waals surface area contributed by atoms with Gasteiger partial charge in [0.2, 0.25) is 4.96 Å². The number of aromatic nitrogens is 3. The molecular formula is C13H14N4S. The molecule has 0 bridgehead atoms. The highest BCUT2D eigenvalue weighted by Crippen LogP contribution is 2.29. The molecule has 2 aromatic heterocycles. The van der Waals surface area contributed by atoms with E-state index < -0.39 is 0 Å². The molecule has 0 spiro atoms. The van der Waals surface area contributed by atoms with Crippen molar-refractivity contribution in [1.82, 2.24) is 14.6 Å². The van der Waals surface area contributed by atoms with Gasteiger partial charge in [-0.2, -0.15) is 0 Å². The van der Waals surface area contributed by atoms with Gasteiger partial charge in [-0.25, -0.2) is 0 Å². The molecule has 92 valence electrons. The van der Waals surface area contributed by atoms with Crippen molar-refractivity contribution in [3.05, 3.63) is 34.3 Å². The van der Waals surface area contributed by atoms with Gasteiger partial charge in [0, 0.05) is 21.8 Å². The lowest BCUT2D eigenvalue weighted by molar-refractivity contribution is 1.07. The fourth-order valence-corrected chi connectivity index (χ4v) is 2.97. The first-order valence-corrected chi connectivity index (χ1v) is 6.57. The van der Waals surface area contributed by atoms with E-state index in [1.54, 1.807) is 11.3 Å². The first-order valence-electron chi connectivity index (χ1n) is 5.75. The number of nitrogens with two attached hydrogens (primary N) is 1. The van der Waals surface area contributed by atoms with Crippen molar-refractivity contribution < 1.29 is 0 Å². The number of thiazole rings is 1. The topological polar surface area (TPSA) is 56.2 Å². The summed E-state index contributed by atoms with van der Waals surface area (Å²) in [4.78, 5) is 2.20. The predicted molar refractivity (Wildman–Crippen MR) is 74.9 cm³/mol. The lowest BCUT2D eigenvalue weighted by Gasteiger charge is -2.05. The molecular weight excluding hydrogens is 244 g/mol. The van der Waals surface area contributed by atoms with Crippen molar-refractivity contribution in [2.75, 3.05) is 5.73 Å². The van der Waals surface area contributed by atoms with E-state index in [2.05, 4.69) is 35.4 Å². The molecule has 2 N–H and O–H groups in total. The van der Waals surface area contributed by atoms with Crippen LogP contribution in [0.1, 0.15) is 16.1 Å². The molecule has 0 atom stereocenters. The van der Waals surface area contributed by atoms with Crippen molar-refractivity contribution >= 4 is 22.0 Å². The number of benzene rings is 1. The fourth-order valence-electron chi connectivity index (χ4n) is 2.06. The maximum atomic E-state index is 5.87. The van der Waals surface area contributed by atoms with Crippen molar-refractivity contribution in [2.24, 2.45) is 0 Å². The van der Waals surface area contributed by atoms with E-state index in [9.17, 15) is 0 Å². The average Bonchev–Trinajstić information content (AvgIpc) is 2.85. The number of aryl methyl sites for hydroxylation is 3. The van der Waals surface area contributed by atoms with Crippen LogP contribution in [0, 0.1) is 20.8 Å². The number of anilines is 1. The summed E-state index contributed by atoms with van der Waals surface area (Å²) in [5.41, 5.74) is 10.0. The second-order valence-corrected chi connectivity index (χ2v) is 5.64. The molecule has 3 rings (SSSR count). The summed E-state index contributed by atoms with van der Waals surface area (Å²) in [5, 5.41) is 8.54. The first kappa shape index (κ1) is 11.2. The van der Waals surface area contributed by atoms with Gasteiger partial charge in [0.05, 0.1) is 0 Å². The summed E-state index contributed by atoms with van der Waals surface area (Å²) < 4.78 is 2.10. The van der Waals surface area contributed by atoms with E-state index in [0.29, 0.717) is 0 Å². The number of rotatable bonds is 1. The Morgan fingerprint density at radius 1 is 1.17 bits per heavy atom. The molecule has 0 aliphatic heterocycles. The number of nitrogens with zero attached hydrogens (tertiary/aromatic N) is 3. The molecule has 4 nitrogen and oxygen atoms in total. The average molecular weight is 258 g/mol. The zero-order valence-electron chi connectivity index (χ0n) is 10.6. The van der Waals surface area contributed by atoms with Crippen molar-refractivity contribution in [1.29, 1.82) is 0 Å².